The number of hydrazone groups is 1. The van der Waals surface area contributed by atoms with E-state index in [1.54, 1.807) is 30.7 Å². The normalized spacial score (nSPS) is 10.8. The second-order valence-corrected chi connectivity index (χ2v) is 6.79. The number of rotatable bonds is 8. The Morgan fingerprint density at radius 3 is 2.60 bits per heavy atom. The monoisotopic (exact) mass is 403 g/mol. The molecule has 1 heterocycles. The van der Waals surface area contributed by atoms with Crippen molar-refractivity contribution >= 4 is 12.1 Å². The zero-order chi connectivity index (χ0) is 21.3. The maximum Gasteiger partial charge on any atom is 0.271 e. The Morgan fingerprint density at radius 1 is 1.03 bits per heavy atom. The number of nitrogens with one attached hydrogen (secondary N) is 1. The van der Waals surface area contributed by atoms with E-state index in [1.807, 2.05) is 25.1 Å². The molecule has 0 saturated heterocycles. The van der Waals surface area contributed by atoms with Gasteiger partial charge in [0.05, 0.1) is 12.8 Å². The number of hydrogen-bond acceptors (Lipinski definition) is 5. The zero-order valence-electron chi connectivity index (χ0n) is 17.4. The van der Waals surface area contributed by atoms with Crippen LogP contribution in [0.15, 0.2) is 66.0 Å². The van der Waals surface area contributed by atoms with Crippen molar-refractivity contribution < 1.29 is 14.3 Å². The van der Waals surface area contributed by atoms with Crippen LogP contribution in [0.4, 0.5) is 0 Å². The highest BCUT2D eigenvalue weighted by molar-refractivity contribution is 5.94. The third-order valence-electron chi connectivity index (χ3n) is 4.48. The second kappa shape index (κ2) is 10.2. The van der Waals surface area contributed by atoms with Crippen LogP contribution in [0.1, 0.15) is 39.5 Å². The Morgan fingerprint density at radius 2 is 1.83 bits per heavy atom. The number of hydrogen-bond donors (Lipinski definition) is 1. The summed E-state index contributed by atoms with van der Waals surface area (Å²) < 4.78 is 11.8. The number of carbonyl (C=O) groups is 1. The van der Waals surface area contributed by atoms with E-state index >= 15 is 0 Å². The molecule has 2 aromatic carbocycles. The number of pyridine rings is 1. The molecule has 0 fully saturated rings. The first-order valence-electron chi connectivity index (χ1n) is 9.76. The summed E-state index contributed by atoms with van der Waals surface area (Å²) in [5, 5.41) is 4.02. The van der Waals surface area contributed by atoms with Crippen molar-refractivity contribution in [3.63, 3.8) is 0 Å². The van der Waals surface area contributed by atoms with Crippen molar-refractivity contribution in [3.05, 3.63) is 88.7 Å². The van der Waals surface area contributed by atoms with Crippen molar-refractivity contribution in [1.82, 2.24) is 10.4 Å². The largest absolute Gasteiger partial charge is 0.490 e. The lowest BCUT2D eigenvalue weighted by atomic mass is 10.1. The van der Waals surface area contributed by atoms with Gasteiger partial charge in [0.1, 0.15) is 6.61 Å². The van der Waals surface area contributed by atoms with Gasteiger partial charge in [-0.1, -0.05) is 23.8 Å². The molecule has 6 heteroatoms. The molecule has 0 aliphatic carbocycles. The topological polar surface area (TPSA) is 72.8 Å². The molecule has 6 nitrogen and oxygen atoms in total. The van der Waals surface area contributed by atoms with Crippen LogP contribution in [-0.4, -0.2) is 23.7 Å². The third-order valence-corrected chi connectivity index (χ3v) is 4.48. The highest BCUT2D eigenvalue weighted by Gasteiger charge is 2.08. The quantitative estimate of drug-likeness (QED) is 0.446. The zero-order valence-corrected chi connectivity index (χ0v) is 17.4. The van der Waals surface area contributed by atoms with Crippen molar-refractivity contribution in [2.24, 2.45) is 5.10 Å². The molecule has 3 rings (SSSR count). The third kappa shape index (κ3) is 5.67. The van der Waals surface area contributed by atoms with Gasteiger partial charge >= 0.3 is 0 Å². The minimum absolute atomic E-state index is 0.299. The molecule has 0 unspecified atom stereocenters. The molecule has 1 amide bonds. The Balaban J connectivity index is 1.68. The lowest BCUT2D eigenvalue weighted by Crippen LogP contribution is -2.17. The van der Waals surface area contributed by atoms with E-state index in [4.69, 9.17) is 9.47 Å². The van der Waals surface area contributed by atoms with Gasteiger partial charge in [-0.25, -0.2) is 5.43 Å². The summed E-state index contributed by atoms with van der Waals surface area (Å²) in [7, 11) is 0. The van der Waals surface area contributed by atoms with Gasteiger partial charge in [-0.15, -0.1) is 0 Å². The minimum Gasteiger partial charge on any atom is -0.490 e. The first kappa shape index (κ1) is 21.0. The van der Waals surface area contributed by atoms with Crippen LogP contribution in [0.2, 0.25) is 0 Å². The molecule has 3 aromatic rings. The molecule has 30 heavy (non-hydrogen) atoms. The van der Waals surface area contributed by atoms with E-state index in [-0.39, 0.29) is 5.91 Å². The first-order chi connectivity index (χ1) is 14.6. The lowest BCUT2D eigenvalue weighted by Gasteiger charge is -2.14. The fraction of sp³-hybridized carbons (Fsp3) is 0.208. The van der Waals surface area contributed by atoms with Crippen molar-refractivity contribution in [2.45, 2.75) is 27.4 Å². The van der Waals surface area contributed by atoms with Crippen molar-refractivity contribution in [3.8, 4) is 11.5 Å². The average molecular weight is 403 g/mol. The summed E-state index contributed by atoms with van der Waals surface area (Å²) in [4.78, 5) is 15.9. The van der Waals surface area contributed by atoms with Gasteiger partial charge in [0.15, 0.2) is 11.5 Å². The first-order valence-corrected chi connectivity index (χ1v) is 9.76. The predicted molar refractivity (Wildman–Crippen MR) is 117 cm³/mol. The molecule has 1 N–H and O–H groups in total. The van der Waals surface area contributed by atoms with E-state index in [0.717, 1.165) is 11.1 Å². The van der Waals surface area contributed by atoms with Crippen LogP contribution in [0.5, 0.6) is 11.5 Å². The predicted octanol–water partition coefficient (Wildman–Crippen LogP) is 4.44. The number of amides is 1. The number of benzene rings is 2. The molecule has 0 spiro atoms. The SMILES string of the molecule is CCOc1cc(/C=N\NC(=O)c2ccncc2)ccc1OCc1cc(C)ccc1C. The van der Waals surface area contributed by atoms with Crippen molar-refractivity contribution in [2.75, 3.05) is 6.61 Å². The molecule has 0 saturated carbocycles. The van der Waals surface area contributed by atoms with E-state index in [0.29, 0.717) is 30.3 Å². The number of ether oxygens (including phenoxy) is 2. The molecule has 154 valence electrons. The van der Waals surface area contributed by atoms with Gasteiger partial charge in [0, 0.05) is 18.0 Å². The Bertz CT molecular complexity index is 1030. The van der Waals surface area contributed by atoms with E-state index in [9.17, 15) is 4.79 Å². The van der Waals surface area contributed by atoms with E-state index in [1.165, 1.54) is 11.1 Å². The summed E-state index contributed by atoms with van der Waals surface area (Å²) >= 11 is 0. The molecule has 0 aliphatic heterocycles. The van der Waals surface area contributed by atoms with E-state index in [2.05, 4.69) is 47.6 Å². The number of nitrogens with zero attached hydrogens (tertiary/aromatic N) is 2. The summed E-state index contributed by atoms with van der Waals surface area (Å²) in [6.45, 7) is 7.03. The average Bonchev–Trinajstić information content (AvgIpc) is 2.76. The summed E-state index contributed by atoms with van der Waals surface area (Å²) in [6, 6.07) is 15.1. The molecule has 0 atom stereocenters. The van der Waals surface area contributed by atoms with Gasteiger partial charge in [-0.2, -0.15) is 5.10 Å². The molecule has 0 bridgehead atoms. The smallest absolute Gasteiger partial charge is 0.271 e. The van der Waals surface area contributed by atoms with Gasteiger partial charge in [0.25, 0.3) is 5.91 Å². The van der Waals surface area contributed by atoms with E-state index < -0.39 is 0 Å². The minimum atomic E-state index is -0.299. The fourth-order valence-electron chi connectivity index (χ4n) is 2.84. The highest BCUT2D eigenvalue weighted by atomic mass is 16.5. The van der Waals surface area contributed by atoms with Crippen LogP contribution in [-0.2, 0) is 6.61 Å². The van der Waals surface area contributed by atoms with Gasteiger partial charge in [0.2, 0.25) is 0 Å². The number of carbonyl (C=O) groups excluding carboxylic acids is 1. The molecule has 0 aliphatic rings. The van der Waals surface area contributed by atoms with Crippen LogP contribution in [0, 0.1) is 13.8 Å². The second-order valence-electron chi connectivity index (χ2n) is 6.79. The van der Waals surface area contributed by atoms with Crippen LogP contribution in [0.25, 0.3) is 0 Å². The molecular formula is C24H25N3O3. The molecular weight excluding hydrogens is 378 g/mol. The summed E-state index contributed by atoms with van der Waals surface area (Å²) in [5.41, 5.74) is 7.31. The maximum absolute atomic E-state index is 12.0. The van der Waals surface area contributed by atoms with Gasteiger partial charge < -0.3 is 9.47 Å². The lowest BCUT2D eigenvalue weighted by molar-refractivity contribution is 0.0955. The number of aryl methyl sites for hydroxylation is 2. The Kier molecular flexibility index (Phi) is 7.16. The van der Waals surface area contributed by atoms with Crippen LogP contribution < -0.4 is 14.9 Å². The number of aromatic nitrogens is 1. The summed E-state index contributed by atoms with van der Waals surface area (Å²) in [6.07, 6.45) is 4.68. The van der Waals surface area contributed by atoms with Gasteiger partial charge in [-0.05, 0) is 67.8 Å². The molecule has 0 radical (unpaired) electrons. The molecule has 1 aromatic heterocycles. The highest BCUT2D eigenvalue weighted by Crippen LogP contribution is 2.29. The Labute approximate surface area is 176 Å². The van der Waals surface area contributed by atoms with Crippen LogP contribution >= 0.6 is 0 Å². The van der Waals surface area contributed by atoms with Gasteiger partial charge in [-0.3, -0.25) is 9.78 Å². The summed E-state index contributed by atoms with van der Waals surface area (Å²) in [5.74, 6) is 0.995. The van der Waals surface area contributed by atoms with Crippen molar-refractivity contribution in [1.29, 1.82) is 0 Å². The standard InChI is InChI=1S/C24H25N3O3/c1-4-29-23-14-19(15-26-27-24(28)20-9-11-25-12-10-20)7-8-22(23)30-16-21-13-17(2)5-6-18(21)3/h5-15H,4,16H2,1-3H3,(H,27,28)/b26-15-. The maximum atomic E-state index is 12.0. The Hall–Kier alpha value is -3.67. The fourth-order valence-corrected chi connectivity index (χ4v) is 2.84. The van der Waals surface area contributed by atoms with Crippen LogP contribution in [0.3, 0.4) is 0 Å².